The lowest BCUT2D eigenvalue weighted by Gasteiger charge is -2.41. The molecule has 1 unspecified atom stereocenters. The Balaban J connectivity index is 1.52. The van der Waals surface area contributed by atoms with Crippen molar-refractivity contribution in [2.75, 3.05) is 53.0 Å². The zero-order valence-electron chi connectivity index (χ0n) is 16.3. The molecule has 3 fully saturated rings. The van der Waals surface area contributed by atoms with Gasteiger partial charge in [-0.1, -0.05) is 25.7 Å². The van der Waals surface area contributed by atoms with Crippen LogP contribution in [0.4, 0.5) is 0 Å². The molecule has 1 aliphatic carbocycles. The molecule has 1 atom stereocenters. The first kappa shape index (κ1) is 19.6. The Hall–Kier alpha value is -1.14. The molecule has 148 valence electrons. The second-order valence-electron chi connectivity index (χ2n) is 8.09. The molecular formula is C20H35N3O3. The van der Waals surface area contributed by atoms with E-state index in [1.807, 2.05) is 4.90 Å². The van der Waals surface area contributed by atoms with Crippen molar-refractivity contribution in [3.05, 3.63) is 0 Å². The van der Waals surface area contributed by atoms with Gasteiger partial charge in [0.2, 0.25) is 11.8 Å². The summed E-state index contributed by atoms with van der Waals surface area (Å²) in [4.78, 5) is 31.9. The predicted octanol–water partition coefficient (Wildman–Crippen LogP) is 1.74. The lowest BCUT2D eigenvalue weighted by molar-refractivity contribution is -0.146. The molecule has 2 heterocycles. The van der Waals surface area contributed by atoms with Crippen molar-refractivity contribution >= 4 is 11.8 Å². The van der Waals surface area contributed by atoms with Gasteiger partial charge in [0.25, 0.3) is 0 Å². The van der Waals surface area contributed by atoms with Gasteiger partial charge >= 0.3 is 0 Å². The summed E-state index contributed by atoms with van der Waals surface area (Å²) in [6.07, 6.45) is 8.51. The van der Waals surface area contributed by atoms with Crippen molar-refractivity contribution < 1.29 is 14.3 Å². The van der Waals surface area contributed by atoms with Gasteiger partial charge < -0.3 is 14.5 Å². The maximum atomic E-state index is 13.0. The van der Waals surface area contributed by atoms with Crippen LogP contribution >= 0.6 is 0 Å². The number of amides is 2. The van der Waals surface area contributed by atoms with Crippen LogP contribution in [-0.4, -0.2) is 85.5 Å². The van der Waals surface area contributed by atoms with Gasteiger partial charge in [-0.15, -0.1) is 0 Å². The minimum atomic E-state index is 0.00137. The van der Waals surface area contributed by atoms with Crippen LogP contribution in [-0.2, 0) is 14.3 Å². The second kappa shape index (κ2) is 9.70. The topological polar surface area (TPSA) is 53.1 Å². The van der Waals surface area contributed by atoms with Crippen molar-refractivity contribution in [3.8, 4) is 0 Å². The zero-order chi connectivity index (χ0) is 18.4. The number of hydrogen-bond acceptors (Lipinski definition) is 4. The van der Waals surface area contributed by atoms with E-state index in [4.69, 9.17) is 4.74 Å². The summed E-state index contributed by atoms with van der Waals surface area (Å²) in [6, 6.07) is 0.367. The highest BCUT2D eigenvalue weighted by Gasteiger charge is 2.36. The van der Waals surface area contributed by atoms with Gasteiger partial charge in [-0.3, -0.25) is 14.5 Å². The van der Waals surface area contributed by atoms with Crippen LogP contribution < -0.4 is 0 Å². The van der Waals surface area contributed by atoms with Crippen LogP contribution in [0.1, 0.15) is 51.4 Å². The Bertz CT molecular complexity index is 469. The van der Waals surface area contributed by atoms with Gasteiger partial charge in [-0.05, 0) is 19.3 Å². The highest BCUT2D eigenvalue weighted by molar-refractivity contribution is 5.84. The fourth-order valence-corrected chi connectivity index (χ4v) is 4.67. The number of methoxy groups -OCH3 is 1. The number of carbonyl (C=O) groups excluding carboxylic acids is 2. The Kier molecular flexibility index (Phi) is 7.32. The fraction of sp³-hybridized carbons (Fsp3) is 0.900. The first-order valence-electron chi connectivity index (χ1n) is 10.5. The molecule has 26 heavy (non-hydrogen) atoms. The van der Waals surface area contributed by atoms with E-state index in [2.05, 4.69) is 9.80 Å². The standard InChI is InChI=1S/C20H35N3O3/c1-26-15-14-21-10-12-22(13-11-21)20(25)17-8-9-19(24)23(16-17)18-6-4-2-3-5-7-18/h17-18H,2-16H2,1H3. The van der Waals surface area contributed by atoms with Crippen molar-refractivity contribution in [3.63, 3.8) is 0 Å². The molecule has 0 bridgehead atoms. The Morgan fingerprint density at radius 3 is 2.38 bits per heavy atom. The van der Waals surface area contributed by atoms with E-state index in [-0.39, 0.29) is 17.7 Å². The molecule has 6 heteroatoms. The Morgan fingerprint density at radius 2 is 1.73 bits per heavy atom. The van der Waals surface area contributed by atoms with Crippen LogP contribution in [0.5, 0.6) is 0 Å². The van der Waals surface area contributed by atoms with E-state index >= 15 is 0 Å². The lowest BCUT2D eigenvalue weighted by atomic mass is 9.93. The maximum Gasteiger partial charge on any atom is 0.227 e. The number of carbonyl (C=O) groups is 2. The van der Waals surface area contributed by atoms with E-state index in [1.165, 1.54) is 25.7 Å². The normalized spacial score (nSPS) is 26.8. The van der Waals surface area contributed by atoms with E-state index in [0.717, 1.165) is 58.6 Å². The number of piperidine rings is 1. The number of nitrogens with zero attached hydrogens (tertiary/aromatic N) is 3. The first-order valence-corrected chi connectivity index (χ1v) is 10.5. The molecule has 3 rings (SSSR count). The van der Waals surface area contributed by atoms with Crippen molar-refractivity contribution in [2.45, 2.75) is 57.4 Å². The molecule has 2 amide bonds. The van der Waals surface area contributed by atoms with Gasteiger partial charge in [-0.2, -0.15) is 0 Å². The van der Waals surface area contributed by atoms with Gasteiger partial charge in [0.15, 0.2) is 0 Å². The predicted molar refractivity (Wildman–Crippen MR) is 101 cm³/mol. The third-order valence-electron chi connectivity index (χ3n) is 6.35. The largest absolute Gasteiger partial charge is 0.383 e. The van der Waals surface area contributed by atoms with Crippen LogP contribution in [0.15, 0.2) is 0 Å². The molecule has 0 aromatic carbocycles. The number of piperazine rings is 1. The second-order valence-corrected chi connectivity index (χ2v) is 8.09. The van der Waals surface area contributed by atoms with E-state index in [1.54, 1.807) is 7.11 Å². The lowest BCUT2D eigenvalue weighted by Crippen LogP contribution is -2.54. The minimum absolute atomic E-state index is 0.00137. The molecule has 0 aromatic rings. The Labute approximate surface area is 157 Å². The molecule has 0 aromatic heterocycles. The van der Waals surface area contributed by atoms with Crippen LogP contribution in [0, 0.1) is 5.92 Å². The average molecular weight is 366 g/mol. The SMILES string of the molecule is COCCN1CCN(C(=O)C2CCC(=O)N(C3CCCCCC3)C2)CC1. The fourth-order valence-electron chi connectivity index (χ4n) is 4.67. The zero-order valence-corrected chi connectivity index (χ0v) is 16.3. The van der Waals surface area contributed by atoms with Gasteiger partial charge in [0, 0.05) is 58.8 Å². The van der Waals surface area contributed by atoms with E-state index < -0.39 is 0 Å². The third-order valence-corrected chi connectivity index (χ3v) is 6.35. The monoisotopic (exact) mass is 365 g/mol. The van der Waals surface area contributed by atoms with Crippen molar-refractivity contribution in [1.82, 2.24) is 14.7 Å². The summed E-state index contributed by atoms with van der Waals surface area (Å²) >= 11 is 0. The van der Waals surface area contributed by atoms with Gasteiger partial charge in [0.05, 0.1) is 12.5 Å². The molecule has 1 saturated carbocycles. The average Bonchev–Trinajstić information content (AvgIpc) is 2.96. The van der Waals surface area contributed by atoms with Crippen molar-refractivity contribution in [1.29, 1.82) is 0 Å². The molecule has 0 radical (unpaired) electrons. The summed E-state index contributed by atoms with van der Waals surface area (Å²) < 4.78 is 5.14. The summed E-state index contributed by atoms with van der Waals surface area (Å²) in [5.41, 5.74) is 0. The third kappa shape index (κ3) is 4.97. The molecule has 2 aliphatic heterocycles. The molecule has 3 aliphatic rings. The molecular weight excluding hydrogens is 330 g/mol. The highest BCUT2D eigenvalue weighted by atomic mass is 16.5. The quantitative estimate of drug-likeness (QED) is 0.697. The number of ether oxygens (including phenoxy) is 1. The summed E-state index contributed by atoms with van der Waals surface area (Å²) in [5.74, 6) is 0.536. The van der Waals surface area contributed by atoms with Crippen LogP contribution in [0.25, 0.3) is 0 Å². The highest BCUT2D eigenvalue weighted by Crippen LogP contribution is 2.28. The van der Waals surface area contributed by atoms with E-state index in [0.29, 0.717) is 19.0 Å². The summed E-state index contributed by atoms with van der Waals surface area (Å²) in [5, 5.41) is 0. The smallest absolute Gasteiger partial charge is 0.227 e. The van der Waals surface area contributed by atoms with Crippen molar-refractivity contribution in [2.24, 2.45) is 5.92 Å². The Morgan fingerprint density at radius 1 is 1.04 bits per heavy atom. The summed E-state index contributed by atoms with van der Waals surface area (Å²) in [7, 11) is 1.73. The van der Waals surface area contributed by atoms with Crippen LogP contribution in [0.3, 0.4) is 0 Å². The molecule has 2 saturated heterocycles. The van der Waals surface area contributed by atoms with Crippen LogP contribution in [0.2, 0.25) is 0 Å². The van der Waals surface area contributed by atoms with E-state index in [9.17, 15) is 9.59 Å². The number of rotatable bonds is 5. The minimum Gasteiger partial charge on any atom is -0.383 e. The summed E-state index contributed by atoms with van der Waals surface area (Å²) in [6.45, 7) is 5.78. The van der Waals surface area contributed by atoms with Gasteiger partial charge in [0.1, 0.15) is 0 Å². The van der Waals surface area contributed by atoms with Gasteiger partial charge in [-0.25, -0.2) is 0 Å². The molecule has 0 N–H and O–H groups in total. The molecule has 0 spiro atoms. The number of likely N-dealkylation sites (tertiary alicyclic amines) is 1. The number of hydrogen-bond donors (Lipinski definition) is 0. The first-order chi connectivity index (χ1) is 12.7. The maximum absolute atomic E-state index is 13.0. The molecule has 6 nitrogen and oxygen atoms in total.